The lowest BCUT2D eigenvalue weighted by molar-refractivity contribution is 0.102. The zero-order chi connectivity index (χ0) is 21.3. The van der Waals surface area contributed by atoms with Crippen LogP contribution in [0.1, 0.15) is 10.5 Å². The van der Waals surface area contributed by atoms with Gasteiger partial charge in [0.1, 0.15) is 5.75 Å². The number of benzene rings is 3. The minimum atomic E-state index is -0.505. The van der Waals surface area contributed by atoms with Crippen molar-refractivity contribution >= 4 is 45.6 Å². The van der Waals surface area contributed by atoms with E-state index in [0.717, 1.165) is 0 Å². The Morgan fingerprint density at radius 1 is 0.967 bits per heavy atom. The smallest absolute Gasteiger partial charge is 0.279 e. The number of carbonyl (C=O) groups is 1. The summed E-state index contributed by atoms with van der Waals surface area (Å²) in [5.41, 5.74) is 0.627. The van der Waals surface area contributed by atoms with Crippen molar-refractivity contribution < 1.29 is 9.53 Å². The summed E-state index contributed by atoms with van der Waals surface area (Å²) in [4.78, 5) is 26.1. The minimum absolute atomic E-state index is 0.0854. The van der Waals surface area contributed by atoms with Gasteiger partial charge in [0.05, 0.1) is 23.9 Å². The number of nitrogens with one attached hydrogen (secondary N) is 1. The van der Waals surface area contributed by atoms with E-state index in [2.05, 4.69) is 10.4 Å². The Labute approximate surface area is 181 Å². The lowest BCUT2D eigenvalue weighted by Crippen LogP contribution is -2.26. The van der Waals surface area contributed by atoms with Crippen LogP contribution in [0.25, 0.3) is 16.5 Å². The molecule has 1 N–H and O–H groups in total. The number of rotatable bonds is 4. The van der Waals surface area contributed by atoms with Gasteiger partial charge < -0.3 is 10.1 Å². The van der Waals surface area contributed by atoms with Gasteiger partial charge in [-0.2, -0.15) is 9.78 Å². The maximum absolute atomic E-state index is 13.1. The molecule has 1 heterocycles. The van der Waals surface area contributed by atoms with Crippen LogP contribution in [0.4, 0.5) is 5.69 Å². The molecule has 150 valence electrons. The number of hydrogen-bond donors (Lipinski definition) is 1. The molecule has 0 aliphatic rings. The fraction of sp³-hybridized carbons (Fsp3) is 0.0455. The largest absolute Gasteiger partial charge is 0.495 e. The van der Waals surface area contributed by atoms with Crippen LogP contribution in [0.3, 0.4) is 0 Å². The van der Waals surface area contributed by atoms with Crippen LogP contribution in [0.5, 0.6) is 5.75 Å². The van der Waals surface area contributed by atoms with E-state index in [1.165, 1.54) is 11.8 Å². The van der Waals surface area contributed by atoms with Crippen LogP contribution in [0, 0.1) is 0 Å². The second-order valence-corrected chi connectivity index (χ2v) is 7.26. The Morgan fingerprint density at radius 3 is 2.33 bits per heavy atom. The highest BCUT2D eigenvalue weighted by molar-refractivity contribution is 6.31. The number of nitrogens with zero attached hydrogens (tertiary/aromatic N) is 2. The molecule has 1 aromatic heterocycles. The molecule has 0 saturated heterocycles. The number of anilines is 1. The van der Waals surface area contributed by atoms with E-state index in [1.807, 2.05) is 0 Å². The Morgan fingerprint density at radius 2 is 1.63 bits per heavy atom. The van der Waals surface area contributed by atoms with Gasteiger partial charge >= 0.3 is 0 Å². The third kappa shape index (κ3) is 3.75. The van der Waals surface area contributed by atoms with Gasteiger partial charge in [0, 0.05) is 15.4 Å². The lowest BCUT2D eigenvalue weighted by atomic mass is 10.1. The highest BCUT2D eigenvalue weighted by Crippen LogP contribution is 2.28. The first-order valence-corrected chi connectivity index (χ1v) is 9.66. The first-order valence-electron chi connectivity index (χ1n) is 8.91. The van der Waals surface area contributed by atoms with Gasteiger partial charge in [-0.25, -0.2) is 0 Å². The molecule has 4 aromatic rings. The Hall–Kier alpha value is -3.35. The number of hydrogen-bond acceptors (Lipinski definition) is 4. The van der Waals surface area contributed by atoms with Crippen molar-refractivity contribution in [3.05, 3.63) is 92.8 Å². The molecule has 3 aromatic carbocycles. The molecule has 0 unspecified atom stereocenters. The average molecular weight is 440 g/mol. The number of halogens is 2. The van der Waals surface area contributed by atoms with E-state index in [0.29, 0.717) is 37.9 Å². The molecule has 30 heavy (non-hydrogen) atoms. The van der Waals surface area contributed by atoms with Crippen LogP contribution in [-0.4, -0.2) is 22.8 Å². The van der Waals surface area contributed by atoms with Gasteiger partial charge in [-0.1, -0.05) is 41.4 Å². The first-order chi connectivity index (χ1) is 14.5. The van der Waals surface area contributed by atoms with Crippen LogP contribution in [0.15, 0.2) is 71.5 Å². The predicted molar refractivity (Wildman–Crippen MR) is 118 cm³/mol. The van der Waals surface area contributed by atoms with Crippen LogP contribution in [-0.2, 0) is 0 Å². The fourth-order valence-electron chi connectivity index (χ4n) is 3.07. The van der Waals surface area contributed by atoms with Gasteiger partial charge in [-0.3, -0.25) is 9.59 Å². The molecule has 0 bridgehead atoms. The summed E-state index contributed by atoms with van der Waals surface area (Å²) < 4.78 is 6.47. The number of carbonyl (C=O) groups excluding carboxylic acids is 1. The van der Waals surface area contributed by atoms with Crippen molar-refractivity contribution in [2.24, 2.45) is 0 Å². The maximum atomic E-state index is 13.1. The van der Waals surface area contributed by atoms with Crippen LogP contribution >= 0.6 is 23.2 Å². The Balaban J connectivity index is 1.87. The van der Waals surface area contributed by atoms with Gasteiger partial charge in [0.2, 0.25) is 0 Å². The number of aromatic nitrogens is 2. The van der Waals surface area contributed by atoms with Crippen molar-refractivity contribution in [3.63, 3.8) is 0 Å². The zero-order valence-electron chi connectivity index (χ0n) is 15.7. The Kier molecular flexibility index (Phi) is 5.44. The molecule has 0 fully saturated rings. The molecular weight excluding hydrogens is 425 g/mol. The monoisotopic (exact) mass is 439 g/mol. The van der Waals surface area contributed by atoms with Gasteiger partial charge in [-0.05, 0) is 48.5 Å². The van der Waals surface area contributed by atoms with E-state index in [4.69, 9.17) is 27.9 Å². The number of fused-ring (bicyclic) bond motifs is 1. The number of amides is 1. The molecule has 0 spiro atoms. The SMILES string of the molecule is COc1ccc(Cl)cc1NC(=O)c1nn(-c2ccc(Cl)cc2)c(=O)c2ccccc12. The highest BCUT2D eigenvalue weighted by atomic mass is 35.5. The fourth-order valence-corrected chi connectivity index (χ4v) is 3.37. The van der Waals surface area contributed by atoms with Crippen LogP contribution < -0.4 is 15.6 Å². The van der Waals surface area contributed by atoms with Crippen molar-refractivity contribution in [2.75, 3.05) is 12.4 Å². The second kappa shape index (κ2) is 8.18. The Bertz CT molecular complexity index is 1320. The molecule has 1 amide bonds. The summed E-state index contributed by atoms with van der Waals surface area (Å²) in [5, 5.41) is 8.89. The molecule has 0 radical (unpaired) electrons. The van der Waals surface area contributed by atoms with E-state index < -0.39 is 5.91 Å². The van der Waals surface area contributed by atoms with Crippen molar-refractivity contribution in [1.82, 2.24) is 9.78 Å². The molecule has 0 aliphatic heterocycles. The number of ether oxygens (including phenoxy) is 1. The summed E-state index contributed by atoms with van der Waals surface area (Å²) in [6.07, 6.45) is 0. The summed E-state index contributed by atoms with van der Waals surface area (Å²) in [7, 11) is 1.49. The molecule has 8 heteroatoms. The maximum Gasteiger partial charge on any atom is 0.279 e. The zero-order valence-corrected chi connectivity index (χ0v) is 17.2. The second-order valence-electron chi connectivity index (χ2n) is 6.39. The van der Waals surface area contributed by atoms with Gasteiger partial charge in [0.15, 0.2) is 5.69 Å². The molecular formula is C22H15Cl2N3O3. The lowest BCUT2D eigenvalue weighted by Gasteiger charge is -2.13. The highest BCUT2D eigenvalue weighted by Gasteiger charge is 2.19. The standard InChI is InChI=1S/C22H15Cl2N3O3/c1-30-19-11-8-14(24)12-18(19)25-21(28)20-16-4-2-3-5-17(16)22(29)27(26-20)15-9-6-13(23)7-10-15/h2-12H,1H3,(H,25,28). The van der Waals surface area contributed by atoms with Crippen LogP contribution in [0.2, 0.25) is 10.0 Å². The molecule has 0 aliphatic carbocycles. The van der Waals surface area contributed by atoms with Gasteiger partial charge in [0.25, 0.3) is 11.5 Å². The summed E-state index contributed by atoms with van der Waals surface area (Å²) in [6, 6.07) is 18.3. The topological polar surface area (TPSA) is 73.2 Å². The van der Waals surface area contributed by atoms with Crippen molar-refractivity contribution in [2.45, 2.75) is 0 Å². The van der Waals surface area contributed by atoms with E-state index in [9.17, 15) is 9.59 Å². The third-order valence-electron chi connectivity index (χ3n) is 4.50. The third-order valence-corrected chi connectivity index (χ3v) is 4.99. The van der Waals surface area contributed by atoms with Gasteiger partial charge in [-0.15, -0.1) is 0 Å². The molecule has 4 rings (SSSR count). The normalized spacial score (nSPS) is 10.8. The summed E-state index contributed by atoms with van der Waals surface area (Å²) in [6.45, 7) is 0. The molecule has 0 saturated carbocycles. The summed E-state index contributed by atoms with van der Waals surface area (Å²) in [5.74, 6) is -0.0578. The summed E-state index contributed by atoms with van der Waals surface area (Å²) >= 11 is 12.0. The van der Waals surface area contributed by atoms with E-state index in [1.54, 1.807) is 66.7 Å². The van der Waals surface area contributed by atoms with Crippen molar-refractivity contribution in [3.8, 4) is 11.4 Å². The van der Waals surface area contributed by atoms with Crippen molar-refractivity contribution in [1.29, 1.82) is 0 Å². The molecule has 0 atom stereocenters. The minimum Gasteiger partial charge on any atom is -0.495 e. The number of methoxy groups -OCH3 is 1. The average Bonchev–Trinajstić information content (AvgIpc) is 2.75. The van der Waals surface area contributed by atoms with E-state index in [-0.39, 0.29) is 11.3 Å². The predicted octanol–water partition coefficient (Wildman–Crippen LogP) is 4.95. The first kappa shape index (κ1) is 19.9. The molecule has 6 nitrogen and oxygen atoms in total. The quantitative estimate of drug-likeness (QED) is 0.487. The van der Waals surface area contributed by atoms with E-state index >= 15 is 0 Å².